The van der Waals surface area contributed by atoms with Crippen molar-refractivity contribution in [2.75, 3.05) is 0 Å². The van der Waals surface area contributed by atoms with Crippen molar-refractivity contribution in [2.45, 2.75) is 51.1 Å². The quantitative estimate of drug-likeness (QED) is 0.741. The molecule has 3 heteroatoms. The molecule has 1 saturated carbocycles. The number of aromatic nitrogens is 2. The Kier molecular flexibility index (Phi) is 1.96. The predicted molar refractivity (Wildman–Crippen MR) is 56.9 cm³/mol. The van der Waals surface area contributed by atoms with Gasteiger partial charge in [0.1, 0.15) is 0 Å². The van der Waals surface area contributed by atoms with Gasteiger partial charge in [-0.15, -0.1) is 0 Å². The fraction of sp³-hybridized carbons (Fsp3) is 0.727. The van der Waals surface area contributed by atoms with Crippen molar-refractivity contribution in [1.29, 1.82) is 0 Å². The molecule has 1 aromatic rings. The normalized spacial score (nSPS) is 20.6. The molecule has 2 N–H and O–H groups in total. The lowest BCUT2D eigenvalue weighted by atomic mass is 9.74. The van der Waals surface area contributed by atoms with E-state index in [-0.39, 0.29) is 11.1 Å². The Balaban J connectivity index is 2.26. The average molecular weight is 193 g/mol. The summed E-state index contributed by atoms with van der Waals surface area (Å²) in [5, 5.41) is 4.37. The number of rotatable bonds is 1. The van der Waals surface area contributed by atoms with Gasteiger partial charge >= 0.3 is 0 Å². The summed E-state index contributed by atoms with van der Waals surface area (Å²) in [6, 6.07) is 0. The SMILES string of the molecule is CC(C)(C)n1cc(C2(N)CCC2)cn1. The third kappa shape index (κ3) is 1.46. The predicted octanol–water partition coefficient (Wildman–Crippen LogP) is 1.98. The van der Waals surface area contributed by atoms with Crippen LogP contribution in [-0.2, 0) is 11.1 Å². The average Bonchev–Trinajstić information content (AvgIpc) is 2.46. The highest BCUT2D eigenvalue weighted by Gasteiger charge is 2.35. The molecule has 1 aromatic heterocycles. The first kappa shape index (κ1) is 9.71. The van der Waals surface area contributed by atoms with Crippen molar-refractivity contribution < 1.29 is 0 Å². The number of hydrogen-bond acceptors (Lipinski definition) is 2. The third-order valence-electron chi connectivity index (χ3n) is 3.09. The largest absolute Gasteiger partial charge is 0.321 e. The van der Waals surface area contributed by atoms with Crippen LogP contribution in [0.5, 0.6) is 0 Å². The number of nitrogens with two attached hydrogens (primary N) is 1. The summed E-state index contributed by atoms with van der Waals surface area (Å²) in [5.41, 5.74) is 7.39. The molecule has 0 aliphatic heterocycles. The monoisotopic (exact) mass is 193 g/mol. The second-order valence-electron chi connectivity index (χ2n) is 5.35. The van der Waals surface area contributed by atoms with Crippen LogP contribution in [0.1, 0.15) is 45.6 Å². The van der Waals surface area contributed by atoms with Crippen LogP contribution in [-0.4, -0.2) is 9.78 Å². The summed E-state index contributed by atoms with van der Waals surface area (Å²) in [7, 11) is 0. The molecule has 2 rings (SSSR count). The van der Waals surface area contributed by atoms with Gasteiger partial charge < -0.3 is 5.73 Å². The van der Waals surface area contributed by atoms with E-state index in [9.17, 15) is 0 Å². The highest BCUT2D eigenvalue weighted by Crippen LogP contribution is 2.38. The zero-order valence-electron chi connectivity index (χ0n) is 9.25. The molecule has 0 unspecified atom stereocenters. The summed E-state index contributed by atoms with van der Waals surface area (Å²) in [4.78, 5) is 0. The lowest BCUT2D eigenvalue weighted by Gasteiger charge is -2.37. The maximum absolute atomic E-state index is 6.23. The summed E-state index contributed by atoms with van der Waals surface area (Å²) in [6.45, 7) is 6.44. The minimum absolute atomic E-state index is 0.0539. The molecule has 0 bridgehead atoms. The maximum atomic E-state index is 6.23. The van der Waals surface area contributed by atoms with E-state index in [4.69, 9.17) is 5.73 Å². The first-order valence-electron chi connectivity index (χ1n) is 5.26. The van der Waals surface area contributed by atoms with Crippen LogP contribution < -0.4 is 5.73 Å². The molecule has 1 aliphatic rings. The molecule has 78 valence electrons. The highest BCUT2D eigenvalue weighted by molar-refractivity contribution is 5.21. The fourth-order valence-electron chi connectivity index (χ4n) is 1.79. The molecule has 0 aromatic carbocycles. The van der Waals surface area contributed by atoms with Crippen LogP contribution in [0.25, 0.3) is 0 Å². The molecular weight excluding hydrogens is 174 g/mol. The van der Waals surface area contributed by atoms with E-state index in [1.54, 1.807) is 0 Å². The van der Waals surface area contributed by atoms with Crippen LogP contribution >= 0.6 is 0 Å². The standard InChI is InChI=1S/C11H19N3/c1-10(2,3)14-8-9(7-13-14)11(12)5-4-6-11/h7-8H,4-6,12H2,1-3H3. The molecule has 0 radical (unpaired) electrons. The van der Waals surface area contributed by atoms with Gasteiger partial charge in [-0.3, -0.25) is 4.68 Å². The lowest BCUT2D eigenvalue weighted by Crippen LogP contribution is -2.43. The van der Waals surface area contributed by atoms with Crippen molar-refractivity contribution >= 4 is 0 Å². The van der Waals surface area contributed by atoms with E-state index in [1.165, 1.54) is 12.0 Å². The van der Waals surface area contributed by atoms with Crippen molar-refractivity contribution in [3.8, 4) is 0 Å². The zero-order chi connectivity index (χ0) is 10.4. The second-order valence-corrected chi connectivity index (χ2v) is 5.35. The Morgan fingerprint density at radius 3 is 2.43 bits per heavy atom. The smallest absolute Gasteiger partial charge is 0.0543 e. The molecule has 0 atom stereocenters. The summed E-state index contributed by atoms with van der Waals surface area (Å²) in [6.07, 6.45) is 7.46. The minimum Gasteiger partial charge on any atom is -0.321 e. The molecule has 3 nitrogen and oxygen atoms in total. The Bertz CT molecular complexity index is 329. The summed E-state index contributed by atoms with van der Waals surface area (Å²) < 4.78 is 2.00. The third-order valence-corrected chi connectivity index (χ3v) is 3.09. The topological polar surface area (TPSA) is 43.8 Å². The van der Waals surface area contributed by atoms with Gasteiger partial charge in [0.25, 0.3) is 0 Å². The van der Waals surface area contributed by atoms with Crippen LogP contribution in [0.4, 0.5) is 0 Å². The van der Waals surface area contributed by atoms with Crippen molar-refractivity contribution in [1.82, 2.24) is 9.78 Å². The maximum Gasteiger partial charge on any atom is 0.0543 e. The highest BCUT2D eigenvalue weighted by atomic mass is 15.3. The van der Waals surface area contributed by atoms with E-state index >= 15 is 0 Å². The van der Waals surface area contributed by atoms with Crippen LogP contribution in [0.3, 0.4) is 0 Å². The van der Waals surface area contributed by atoms with Crippen molar-refractivity contribution in [3.05, 3.63) is 18.0 Å². The van der Waals surface area contributed by atoms with Crippen molar-refractivity contribution in [3.63, 3.8) is 0 Å². The van der Waals surface area contributed by atoms with Gasteiger partial charge in [-0.1, -0.05) is 0 Å². The van der Waals surface area contributed by atoms with Crippen LogP contribution in [0, 0.1) is 0 Å². The zero-order valence-corrected chi connectivity index (χ0v) is 9.25. The van der Waals surface area contributed by atoms with Gasteiger partial charge in [-0.05, 0) is 40.0 Å². The molecule has 0 spiro atoms. The summed E-state index contributed by atoms with van der Waals surface area (Å²) >= 11 is 0. The van der Waals surface area contributed by atoms with E-state index < -0.39 is 0 Å². The lowest BCUT2D eigenvalue weighted by molar-refractivity contribution is 0.252. The van der Waals surface area contributed by atoms with Gasteiger partial charge in [-0.2, -0.15) is 5.10 Å². The van der Waals surface area contributed by atoms with Crippen LogP contribution in [0.2, 0.25) is 0 Å². The number of nitrogens with zero attached hydrogens (tertiary/aromatic N) is 2. The Hall–Kier alpha value is -0.830. The van der Waals surface area contributed by atoms with E-state index in [1.807, 2.05) is 10.9 Å². The van der Waals surface area contributed by atoms with Gasteiger partial charge in [0.05, 0.1) is 11.7 Å². The first-order valence-corrected chi connectivity index (χ1v) is 5.26. The minimum atomic E-state index is -0.0799. The second kappa shape index (κ2) is 2.83. The molecule has 1 aliphatic carbocycles. The molecule has 0 amide bonds. The van der Waals surface area contributed by atoms with Gasteiger partial charge in [0.15, 0.2) is 0 Å². The van der Waals surface area contributed by atoms with E-state index in [0.717, 1.165) is 12.8 Å². The van der Waals surface area contributed by atoms with E-state index in [2.05, 4.69) is 32.1 Å². The number of hydrogen-bond donors (Lipinski definition) is 1. The molecule has 1 heterocycles. The van der Waals surface area contributed by atoms with Crippen LogP contribution in [0.15, 0.2) is 12.4 Å². The molecule has 0 saturated heterocycles. The van der Waals surface area contributed by atoms with Crippen molar-refractivity contribution in [2.24, 2.45) is 5.73 Å². The summed E-state index contributed by atoms with van der Waals surface area (Å²) in [5.74, 6) is 0. The fourth-order valence-corrected chi connectivity index (χ4v) is 1.79. The Labute approximate surface area is 85.3 Å². The van der Waals surface area contributed by atoms with Gasteiger partial charge in [0.2, 0.25) is 0 Å². The molecule has 1 fully saturated rings. The molecule has 14 heavy (non-hydrogen) atoms. The van der Waals surface area contributed by atoms with Gasteiger partial charge in [-0.25, -0.2) is 0 Å². The Morgan fingerprint density at radius 2 is 2.07 bits per heavy atom. The van der Waals surface area contributed by atoms with E-state index in [0.29, 0.717) is 0 Å². The Morgan fingerprint density at radius 1 is 1.43 bits per heavy atom. The molecular formula is C11H19N3. The first-order chi connectivity index (χ1) is 6.42. The van der Waals surface area contributed by atoms with Gasteiger partial charge in [0, 0.05) is 17.3 Å².